The number of carbonyl (C=O) groups is 3. The second-order valence-electron chi connectivity index (χ2n) is 10.9. The standard InChI is InChI=1S/C32H32F3N3O3/c1-19(39)36-29(18-20-16-27(33)30(35)28(34)17-20)31(40)37-24-10-8-21(9-11-24)22-12-14-38(15-13-22)32(41)26-5-3-2-4-25(26)23-6-7-23/h2-5,8-11,16-17,22-23,29H,6-7,12-15,18H2,1H3,(H,36,39)(H,37,40)/t29-/m0/s1. The molecule has 1 aliphatic heterocycles. The van der Waals surface area contributed by atoms with Gasteiger partial charge in [-0.05, 0) is 84.5 Å². The highest BCUT2D eigenvalue weighted by atomic mass is 19.2. The summed E-state index contributed by atoms with van der Waals surface area (Å²) in [6, 6.07) is 15.8. The fourth-order valence-corrected chi connectivity index (χ4v) is 5.51. The zero-order valence-corrected chi connectivity index (χ0v) is 22.8. The van der Waals surface area contributed by atoms with Crippen LogP contribution in [0.15, 0.2) is 60.7 Å². The number of halogens is 3. The molecule has 0 spiro atoms. The summed E-state index contributed by atoms with van der Waals surface area (Å²) in [6.07, 6.45) is 3.73. The Morgan fingerprint density at radius 1 is 0.878 bits per heavy atom. The smallest absolute Gasteiger partial charge is 0.254 e. The second-order valence-corrected chi connectivity index (χ2v) is 10.9. The number of piperidine rings is 1. The first-order chi connectivity index (χ1) is 19.7. The van der Waals surface area contributed by atoms with Crippen LogP contribution in [0.4, 0.5) is 18.9 Å². The third-order valence-corrected chi connectivity index (χ3v) is 7.82. The maximum absolute atomic E-state index is 13.7. The lowest BCUT2D eigenvalue weighted by atomic mass is 9.89. The van der Waals surface area contributed by atoms with E-state index < -0.39 is 35.3 Å². The molecule has 41 heavy (non-hydrogen) atoms. The summed E-state index contributed by atoms with van der Waals surface area (Å²) in [5.74, 6) is -4.51. The Kier molecular flexibility index (Phi) is 8.42. The number of nitrogens with one attached hydrogen (secondary N) is 2. The molecule has 1 saturated heterocycles. The van der Waals surface area contributed by atoms with Gasteiger partial charge in [0.1, 0.15) is 6.04 Å². The number of likely N-dealkylation sites (tertiary alicyclic amines) is 1. The molecular formula is C32H32F3N3O3. The molecule has 5 rings (SSSR count). The van der Waals surface area contributed by atoms with E-state index in [-0.39, 0.29) is 23.8 Å². The van der Waals surface area contributed by atoms with Gasteiger partial charge in [-0.25, -0.2) is 13.2 Å². The Balaban J connectivity index is 1.18. The van der Waals surface area contributed by atoms with Crippen LogP contribution in [-0.2, 0) is 16.0 Å². The summed E-state index contributed by atoms with van der Waals surface area (Å²) in [5, 5.41) is 5.21. The van der Waals surface area contributed by atoms with Crippen LogP contribution in [0, 0.1) is 17.5 Å². The van der Waals surface area contributed by atoms with Gasteiger partial charge in [0.2, 0.25) is 11.8 Å². The zero-order valence-electron chi connectivity index (χ0n) is 22.8. The minimum atomic E-state index is -1.59. The largest absolute Gasteiger partial charge is 0.344 e. The molecule has 214 valence electrons. The lowest BCUT2D eigenvalue weighted by Gasteiger charge is -2.33. The zero-order chi connectivity index (χ0) is 29.1. The fourth-order valence-electron chi connectivity index (χ4n) is 5.51. The number of carbonyl (C=O) groups excluding carboxylic acids is 3. The van der Waals surface area contributed by atoms with Gasteiger partial charge in [0.25, 0.3) is 5.91 Å². The Morgan fingerprint density at radius 2 is 1.51 bits per heavy atom. The molecule has 0 bridgehead atoms. The molecule has 1 heterocycles. The van der Waals surface area contributed by atoms with Crippen LogP contribution in [0.3, 0.4) is 0 Å². The summed E-state index contributed by atoms with van der Waals surface area (Å²) in [5.41, 5.74) is 3.61. The molecule has 2 N–H and O–H groups in total. The number of anilines is 1. The van der Waals surface area contributed by atoms with E-state index in [0.717, 1.165) is 54.5 Å². The van der Waals surface area contributed by atoms with E-state index in [4.69, 9.17) is 0 Å². The van der Waals surface area contributed by atoms with Crippen molar-refractivity contribution in [3.8, 4) is 0 Å². The van der Waals surface area contributed by atoms with Crippen molar-refractivity contribution in [3.05, 3.63) is 100 Å². The number of hydrogen-bond acceptors (Lipinski definition) is 3. The third-order valence-electron chi connectivity index (χ3n) is 7.82. The molecule has 2 fully saturated rings. The monoisotopic (exact) mass is 563 g/mol. The fraction of sp³-hybridized carbons (Fsp3) is 0.344. The summed E-state index contributed by atoms with van der Waals surface area (Å²) < 4.78 is 40.6. The molecular weight excluding hydrogens is 531 g/mol. The van der Waals surface area contributed by atoms with Crippen molar-refractivity contribution in [1.29, 1.82) is 0 Å². The molecule has 2 aliphatic rings. The number of nitrogens with zero attached hydrogens (tertiary/aromatic N) is 1. The van der Waals surface area contributed by atoms with Gasteiger partial charge >= 0.3 is 0 Å². The van der Waals surface area contributed by atoms with Crippen LogP contribution >= 0.6 is 0 Å². The SMILES string of the molecule is CC(=O)N[C@@H](Cc1cc(F)c(F)c(F)c1)C(=O)Nc1ccc(C2CCN(C(=O)c3ccccc3C3CC3)CC2)cc1. The molecule has 0 unspecified atom stereocenters. The van der Waals surface area contributed by atoms with E-state index >= 15 is 0 Å². The van der Waals surface area contributed by atoms with Crippen molar-refractivity contribution in [2.45, 2.75) is 56.9 Å². The molecule has 1 saturated carbocycles. The quantitative estimate of drug-likeness (QED) is 0.346. The number of benzene rings is 3. The minimum Gasteiger partial charge on any atom is -0.344 e. The van der Waals surface area contributed by atoms with Gasteiger partial charge in [0.05, 0.1) is 0 Å². The molecule has 3 amide bonds. The number of amides is 3. The van der Waals surface area contributed by atoms with Crippen LogP contribution in [0.2, 0.25) is 0 Å². The molecule has 0 aromatic heterocycles. The highest BCUT2D eigenvalue weighted by molar-refractivity contribution is 5.97. The number of rotatable bonds is 8. The highest BCUT2D eigenvalue weighted by Gasteiger charge is 2.31. The predicted molar refractivity (Wildman–Crippen MR) is 149 cm³/mol. The minimum absolute atomic E-state index is 0.0338. The molecule has 9 heteroatoms. The van der Waals surface area contributed by atoms with Crippen molar-refractivity contribution >= 4 is 23.4 Å². The average molecular weight is 564 g/mol. The first-order valence-corrected chi connectivity index (χ1v) is 13.9. The molecule has 1 aliphatic carbocycles. The van der Waals surface area contributed by atoms with Gasteiger partial charge in [-0.1, -0.05) is 30.3 Å². The average Bonchev–Trinajstić information content (AvgIpc) is 3.81. The lowest BCUT2D eigenvalue weighted by molar-refractivity contribution is -0.125. The molecule has 1 atom stereocenters. The van der Waals surface area contributed by atoms with E-state index in [1.165, 1.54) is 6.92 Å². The lowest BCUT2D eigenvalue weighted by Crippen LogP contribution is -2.44. The van der Waals surface area contributed by atoms with Crippen LogP contribution in [0.25, 0.3) is 0 Å². The molecule has 3 aromatic rings. The van der Waals surface area contributed by atoms with Crippen LogP contribution in [0.5, 0.6) is 0 Å². The van der Waals surface area contributed by atoms with E-state index in [2.05, 4.69) is 16.7 Å². The van der Waals surface area contributed by atoms with Crippen molar-refractivity contribution in [1.82, 2.24) is 10.2 Å². The second kappa shape index (κ2) is 12.2. The van der Waals surface area contributed by atoms with E-state index in [1.54, 1.807) is 12.1 Å². The topological polar surface area (TPSA) is 78.5 Å². The summed E-state index contributed by atoms with van der Waals surface area (Å²) in [7, 11) is 0. The Hall–Kier alpha value is -4.14. The molecule has 6 nitrogen and oxygen atoms in total. The van der Waals surface area contributed by atoms with Crippen molar-refractivity contribution in [2.75, 3.05) is 18.4 Å². The van der Waals surface area contributed by atoms with Gasteiger partial charge in [-0.15, -0.1) is 0 Å². The van der Waals surface area contributed by atoms with Crippen molar-refractivity contribution in [3.63, 3.8) is 0 Å². The summed E-state index contributed by atoms with van der Waals surface area (Å²) in [6.45, 7) is 2.57. The molecule has 0 radical (unpaired) electrons. The normalized spacial score (nSPS) is 16.2. The summed E-state index contributed by atoms with van der Waals surface area (Å²) >= 11 is 0. The van der Waals surface area contributed by atoms with Crippen LogP contribution in [0.1, 0.15) is 71.5 Å². The molecule has 3 aromatic carbocycles. The predicted octanol–water partition coefficient (Wildman–Crippen LogP) is 5.69. The Labute approximate surface area is 236 Å². The van der Waals surface area contributed by atoms with Crippen molar-refractivity contribution in [2.24, 2.45) is 0 Å². The van der Waals surface area contributed by atoms with Crippen molar-refractivity contribution < 1.29 is 27.6 Å². The Bertz CT molecular complexity index is 1430. The maximum Gasteiger partial charge on any atom is 0.254 e. The first-order valence-electron chi connectivity index (χ1n) is 13.9. The van der Waals surface area contributed by atoms with Gasteiger partial charge in [0.15, 0.2) is 17.5 Å². The van der Waals surface area contributed by atoms with Gasteiger partial charge in [-0.2, -0.15) is 0 Å². The first kappa shape index (κ1) is 28.4. The third kappa shape index (κ3) is 6.78. The highest BCUT2D eigenvalue weighted by Crippen LogP contribution is 2.42. The van der Waals surface area contributed by atoms with Gasteiger partial charge in [-0.3, -0.25) is 14.4 Å². The summed E-state index contributed by atoms with van der Waals surface area (Å²) in [4.78, 5) is 39.8. The van der Waals surface area contributed by atoms with E-state index in [9.17, 15) is 27.6 Å². The Morgan fingerprint density at radius 3 is 2.12 bits per heavy atom. The van der Waals surface area contributed by atoms with E-state index in [1.807, 2.05) is 35.2 Å². The van der Waals surface area contributed by atoms with Gasteiger partial charge < -0.3 is 15.5 Å². The van der Waals surface area contributed by atoms with Crippen LogP contribution in [-0.4, -0.2) is 41.8 Å². The van der Waals surface area contributed by atoms with Gasteiger partial charge in [0, 0.05) is 37.7 Å². The number of hydrogen-bond donors (Lipinski definition) is 2. The van der Waals surface area contributed by atoms with Crippen LogP contribution < -0.4 is 10.6 Å². The maximum atomic E-state index is 13.7. The van der Waals surface area contributed by atoms with E-state index in [0.29, 0.717) is 24.7 Å².